The van der Waals surface area contributed by atoms with Gasteiger partial charge in [-0.2, -0.15) is 0 Å². The van der Waals surface area contributed by atoms with E-state index in [2.05, 4.69) is 31.0 Å². The van der Waals surface area contributed by atoms with Crippen LogP contribution in [-0.4, -0.2) is 96.9 Å². The zero-order chi connectivity index (χ0) is 19.1. The van der Waals surface area contributed by atoms with E-state index in [4.69, 9.17) is 20.1 Å². The topological polar surface area (TPSA) is 176 Å². The van der Waals surface area contributed by atoms with Gasteiger partial charge < -0.3 is 0 Å². The van der Waals surface area contributed by atoms with Crippen LogP contribution < -0.4 is 11.1 Å². The van der Waals surface area contributed by atoms with Crippen LogP contribution in [0.4, 0.5) is 0 Å². The van der Waals surface area contributed by atoms with Crippen molar-refractivity contribution < 1.29 is 35.5 Å². The average molecular weight is 537 g/mol. The molecule has 2 atom stereocenters. The molecule has 140 valence electrons. The summed E-state index contributed by atoms with van der Waals surface area (Å²) >= 11 is -2.00. The Bertz CT molecular complexity index is 414. The SMILES string of the molecule is CN[C@@H](C[SeH])C(=O)O.CO[Se](=O)(=O)O.C[Se]CC[C@H](N)C(=O)O. The molecule has 10 nitrogen and oxygen atoms in total. The Kier molecular flexibility index (Phi) is 20.3. The zero-order valence-electron chi connectivity index (χ0n) is 13.0. The number of carboxylic acid groups (broad SMARTS) is 2. The second-order valence-corrected chi connectivity index (χ2v) is 9.01. The van der Waals surface area contributed by atoms with Crippen molar-refractivity contribution in [3.63, 3.8) is 0 Å². The van der Waals surface area contributed by atoms with E-state index in [-0.39, 0.29) is 0 Å². The molecule has 0 unspecified atom stereocenters. The number of carbonyl (C=O) groups is 2. The van der Waals surface area contributed by atoms with Gasteiger partial charge in [0.1, 0.15) is 0 Å². The van der Waals surface area contributed by atoms with Gasteiger partial charge in [0.05, 0.1) is 0 Å². The van der Waals surface area contributed by atoms with E-state index in [9.17, 15) is 17.3 Å². The number of nitrogens with one attached hydrogen (secondary N) is 1. The first-order valence-electron chi connectivity index (χ1n) is 5.98. The van der Waals surface area contributed by atoms with Gasteiger partial charge in [-0.1, -0.05) is 0 Å². The fourth-order valence-corrected chi connectivity index (χ4v) is 2.40. The molecular weight excluding hydrogens is 513 g/mol. The van der Waals surface area contributed by atoms with Crippen molar-refractivity contribution in [1.82, 2.24) is 5.32 Å². The Morgan fingerprint density at radius 1 is 1.35 bits per heavy atom. The number of aliphatic carboxylic acids is 2. The maximum atomic E-state index is 10.1. The van der Waals surface area contributed by atoms with E-state index in [1.54, 1.807) is 7.05 Å². The molecule has 0 rings (SSSR count). The Labute approximate surface area is 151 Å². The summed E-state index contributed by atoms with van der Waals surface area (Å²) in [4.78, 5) is 20.2. The molecule has 0 spiro atoms. The van der Waals surface area contributed by atoms with Crippen LogP contribution in [0.5, 0.6) is 0 Å². The predicted molar refractivity (Wildman–Crippen MR) is 85.4 cm³/mol. The Hall–Kier alpha value is -0.0616. The zero-order valence-corrected chi connectivity index (χ0v) is 18.3. The summed E-state index contributed by atoms with van der Waals surface area (Å²) in [6.07, 6.45) is 0.617. The Morgan fingerprint density at radius 2 is 1.78 bits per heavy atom. The van der Waals surface area contributed by atoms with Crippen molar-refractivity contribution in [1.29, 1.82) is 0 Å². The fraction of sp³-hybridized carbons (Fsp3) is 0.800. The van der Waals surface area contributed by atoms with E-state index >= 15 is 0 Å². The van der Waals surface area contributed by atoms with E-state index in [0.29, 0.717) is 26.7 Å². The van der Waals surface area contributed by atoms with Crippen molar-refractivity contribution in [3.8, 4) is 0 Å². The summed E-state index contributed by atoms with van der Waals surface area (Å²) in [6.45, 7) is 0. The van der Waals surface area contributed by atoms with Crippen molar-refractivity contribution in [3.05, 3.63) is 0 Å². The van der Waals surface area contributed by atoms with Gasteiger partial charge in [0.25, 0.3) is 0 Å². The number of hydrogen-bond acceptors (Lipinski definition) is 7. The van der Waals surface area contributed by atoms with Crippen LogP contribution in [0.15, 0.2) is 0 Å². The fourth-order valence-electron chi connectivity index (χ4n) is 0.661. The van der Waals surface area contributed by atoms with Gasteiger partial charge >= 0.3 is 152 Å². The average Bonchev–Trinajstić information content (AvgIpc) is 2.46. The standard InChI is InChI=1S/C5H11NO2Se.C4H9NO2Se.CH4O4Se/c1-9-3-2-4(6)5(7)8;1-5-3(2-8)4(6)7;1-5-6(2,3)4/h4H,2-3,6H2,1H3,(H,7,8);3,5,8H,2H2,1H3,(H,6,7);1H3,(H,2,3,4)/t4-;3-;/m00./s1. The van der Waals surface area contributed by atoms with Gasteiger partial charge in [-0.15, -0.1) is 0 Å². The predicted octanol–water partition coefficient (Wildman–Crippen LogP) is -2.14. The van der Waals surface area contributed by atoms with Gasteiger partial charge in [0.15, 0.2) is 0 Å². The van der Waals surface area contributed by atoms with Gasteiger partial charge in [-0.05, 0) is 0 Å². The van der Waals surface area contributed by atoms with Crippen LogP contribution in [0.2, 0.25) is 16.5 Å². The molecule has 0 saturated carbocycles. The first-order valence-corrected chi connectivity index (χ1v) is 13.1. The molecule has 0 bridgehead atoms. The summed E-state index contributed by atoms with van der Waals surface area (Å²) < 4.78 is 30.0. The van der Waals surface area contributed by atoms with Crippen LogP contribution in [0.1, 0.15) is 6.42 Å². The number of nitrogens with two attached hydrogens (primary N) is 1. The van der Waals surface area contributed by atoms with Gasteiger partial charge in [0.2, 0.25) is 0 Å². The van der Waals surface area contributed by atoms with Gasteiger partial charge in [-0.25, -0.2) is 0 Å². The molecule has 13 heteroatoms. The number of carboxylic acids is 2. The number of hydrogen-bond donors (Lipinski definition) is 5. The molecule has 0 fully saturated rings. The first kappa shape index (κ1) is 27.8. The van der Waals surface area contributed by atoms with Crippen LogP contribution in [-0.2, 0) is 21.1 Å². The Morgan fingerprint density at radius 3 is 1.91 bits per heavy atom. The van der Waals surface area contributed by atoms with Crippen molar-refractivity contribution in [2.45, 2.75) is 35.0 Å². The number of rotatable bonds is 8. The molecule has 6 N–H and O–H groups in total. The molecule has 0 saturated heterocycles. The van der Waals surface area contributed by atoms with Crippen molar-refractivity contribution in [2.75, 3.05) is 14.2 Å². The summed E-state index contributed by atoms with van der Waals surface area (Å²) in [5, 5.41) is 20.8. The molecule has 0 radical (unpaired) electrons. The quantitative estimate of drug-likeness (QED) is 0.215. The van der Waals surface area contributed by atoms with Crippen molar-refractivity contribution in [2.24, 2.45) is 5.73 Å². The molecule has 0 aromatic heterocycles. The second kappa shape index (κ2) is 16.8. The minimum absolute atomic E-state index is 0.407. The van der Waals surface area contributed by atoms with Crippen LogP contribution in [0, 0.1) is 0 Å². The third-order valence-electron chi connectivity index (χ3n) is 1.99. The van der Waals surface area contributed by atoms with Crippen LogP contribution >= 0.6 is 0 Å². The van der Waals surface area contributed by atoms with Crippen LogP contribution in [0.3, 0.4) is 0 Å². The second-order valence-electron chi connectivity index (χ2n) is 3.68. The summed E-state index contributed by atoms with van der Waals surface area (Å²) in [5.74, 6) is 0.383. The molecule has 0 aliphatic carbocycles. The van der Waals surface area contributed by atoms with Gasteiger partial charge in [-0.3, -0.25) is 0 Å². The molecule has 0 aromatic rings. The normalized spacial score (nSPS) is 12.8. The summed E-state index contributed by atoms with van der Waals surface area (Å²) in [7, 11) is 2.53. The van der Waals surface area contributed by atoms with E-state index in [1.807, 2.05) is 0 Å². The minimum atomic E-state index is -4.78. The molecular formula is C10H24N2O8Se3. The van der Waals surface area contributed by atoms with E-state index < -0.39 is 37.4 Å². The molecule has 23 heavy (non-hydrogen) atoms. The maximum absolute atomic E-state index is 10.1. The summed E-state index contributed by atoms with van der Waals surface area (Å²) in [5.41, 5.74) is 5.21. The molecule has 0 heterocycles. The summed E-state index contributed by atoms with van der Waals surface area (Å²) in [6, 6.07) is -1.05. The van der Waals surface area contributed by atoms with Crippen molar-refractivity contribution >= 4 is 56.3 Å². The molecule has 0 amide bonds. The monoisotopic (exact) mass is 540 g/mol. The Balaban J connectivity index is -0.000000266. The van der Waals surface area contributed by atoms with Gasteiger partial charge in [0, 0.05) is 0 Å². The third-order valence-corrected chi connectivity index (χ3v) is 4.99. The van der Waals surface area contributed by atoms with E-state index in [0.717, 1.165) is 12.4 Å². The number of likely N-dealkylation sites (N-methyl/N-ethyl adjacent to an activating group) is 1. The molecule has 0 aliphatic rings. The molecule has 0 aliphatic heterocycles. The third kappa shape index (κ3) is 24.3. The van der Waals surface area contributed by atoms with E-state index in [1.165, 1.54) is 0 Å². The molecule has 0 aromatic carbocycles. The first-order chi connectivity index (χ1) is 10.5. The van der Waals surface area contributed by atoms with Crippen LogP contribution in [0.25, 0.3) is 0 Å².